The van der Waals surface area contributed by atoms with E-state index in [0.29, 0.717) is 19.4 Å². The SMILES string of the molecule is COCCC(N)C(=O)N1CCCCC1CCO. The smallest absolute Gasteiger partial charge is 0.239 e. The molecule has 1 amide bonds. The van der Waals surface area contributed by atoms with Gasteiger partial charge >= 0.3 is 0 Å². The Labute approximate surface area is 103 Å². The summed E-state index contributed by atoms with van der Waals surface area (Å²) in [6.45, 7) is 1.40. The first-order valence-electron chi connectivity index (χ1n) is 6.36. The van der Waals surface area contributed by atoms with Gasteiger partial charge in [0.25, 0.3) is 0 Å². The van der Waals surface area contributed by atoms with Gasteiger partial charge in [-0.25, -0.2) is 0 Å². The molecule has 5 nitrogen and oxygen atoms in total. The zero-order chi connectivity index (χ0) is 12.7. The molecule has 0 aromatic rings. The Morgan fingerprint density at radius 3 is 3.00 bits per heavy atom. The Morgan fingerprint density at radius 2 is 2.35 bits per heavy atom. The molecule has 1 fully saturated rings. The van der Waals surface area contributed by atoms with E-state index in [1.54, 1.807) is 7.11 Å². The lowest BCUT2D eigenvalue weighted by Crippen LogP contribution is -2.51. The molecule has 0 bridgehead atoms. The van der Waals surface area contributed by atoms with E-state index < -0.39 is 6.04 Å². The number of carbonyl (C=O) groups excluding carboxylic acids is 1. The minimum atomic E-state index is -0.478. The topological polar surface area (TPSA) is 75.8 Å². The lowest BCUT2D eigenvalue weighted by molar-refractivity contribution is -0.137. The van der Waals surface area contributed by atoms with E-state index in [4.69, 9.17) is 15.6 Å². The van der Waals surface area contributed by atoms with Crippen molar-refractivity contribution in [3.63, 3.8) is 0 Å². The van der Waals surface area contributed by atoms with Crippen LogP contribution in [0.4, 0.5) is 0 Å². The molecule has 0 aliphatic carbocycles. The van der Waals surface area contributed by atoms with E-state index >= 15 is 0 Å². The van der Waals surface area contributed by atoms with Crippen LogP contribution >= 0.6 is 0 Å². The minimum Gasteiger partial charge on any atom is -0.396 e. The van der Waals surface area contributed by atoms with Crippen molar-refractivity contribution in [2.75, 3.05) is 26.9 Å². The van der Waals surface area contributed by atoms with Gasteiger partial charge in [-0.05, 0) is 32.1 Å². The third-order valence-corrected chi connectivity index (χ3v) is 3.32. The predicted molar refractivity (Wildman–Crippen MR) is 65.5 cm³/mol. The number of methoxy groups -OCH3 is 1. The first-order valence-corrected chi connectivity index (χ1v) is 6.36. The fourth-order valence-electron chi connectivity index (χ4n) is 2.32. The summed E-state index contributed by atoms with van der Waals surface area (Å²) in [5.41, 5.74) is 5.86. The van der Waals surface area contributed by atoms with Gasteiger partial charge < -0.3 is 20.5 Å². The van der Waals surface area contributed by atoms with Gasteiger partial charge in [-0.1, -0.05) is 0 Å². The summed E-state index contributed by atoms with van der Waals surface area (Å²) in [4.78, 5) is 14.0. The van der Waals surface area contributed by atoms with Gasteiger partial charge in [-0.2, -0.15) is 0 Å². The number of likely N-dealkylation sites (tertiary alicyclic amines) is 1. The van der Waals surface area contributed by atoms with Gasteiger partial charge in [0.1, 0.15) is 0 Å². The van der Waals surface area contributed by atoms with Crippen molar-refractivity contribution in [3.05, 3.63) is 0 Å². The quantitative estimate of drug-likeness (QED) is 0.695. The summed E-state index contributed by atoms with van der Waals surface area (Å²) >= 11 is 0. The van der Waals surface area contributed by atoms with Crippen LogP contribution in [0.2, 0.25) is 0 Å². The number of aliphatic hydroxyl groups is 1. The monoisotopic (exact) mass is 244 g/mol. The van der Waals surface area contributed by atoms with E-state index in [0.717, 1.165) is 25.8 Å². The molecule has 100 valence electrons. The number of ether oxygens (including phenoxy) is 1. The normalized spacial score (nSPS) is 22.5. The molecule has 1 aliphatic rings. The average Bonchev–Trinajstić information content (AvgIpc) is 2.36. The van der Waals surface area contributed by atoms with E-state index in [9.17, 15) is 4.79 Å². The van der Waals surface area contributed by atoms with Crippen LogP contribution in [0.15, 0.2) is 0 Å². The van der Waals surface area contributed by atoms with E-state index in [1.165, 1.54) is 0 Å². The fourth-order valence-corrected chi connectivity index (χ4v) is 2.32. The highest BCUT2D eigenvalue weighted by atomic mass is 16.5. The number of hydrogen-bond acceptors (Lipinski definition) is 4. The summed E-state index contributed by atoms with van der Waals surface area (Å²) in [6.07, 6.45) is 4.34. The molecule has 2 unspecified atom stereocenters. The van der Waals surface area contributed by atoms with Gasteiger partial charge in [0.05, 0.1) is 6.04 Å². The van der Waals surface area contributed by atoms with Gasteiger partial charge in [-0.15, -0.1) is 0 Å². The molecular weight excluding hydrogens is 220 g/mol. The predicted octanol–water partition coefficient (Wildman–Crippen LogP) is 0.114. The third kappa shape index (κ3) is 4.26. The van der Waals surface area contributed by atoms with Crippen molar-refractivity contribution in [2.45, 2.75) is 44.2 Å². The maximum absolute atomic E-state index is 12.2. The van der Waals surface area contributed by atoms with Crippen molar-refractivity contribution in [1.82, 2.24) is 4.90 Å². The van der Waals surface area contributed by atoms with Gasteiger partial charge in [0.2, 0.25) is 5.91 Å². The van der Waals surface area contributed by atoms with E-state index in [2.05, 4.69) is 0 Å². The molecule has 1 aliphatic heterocycles. The summed E-state index contributed by atoms with van der Waals surface area (Å²) in [5, 5.41) is 9.01. The number of piperidine rings is 1. The average molecular weight is 244 g/mol. The number of rotatable bonds is 6. The van der Waals surface area contributed by atoms with E-state index in [1.807, 2.05) is 4.90 Å². The molecular formula is C12H24N2O3. The number of amides is 1. The second-order valence-electron chi connectivity index (χ2n) is 4.58. The molecule has 5 heteroatoms. The summed E-state index contributed by atoms with van der Waals surface area (Å²) in [5.74, 6) is 0.000185. The van der Waals surface area contributed by atoms with Gasteiger partial charge in [0, 0.05) is 32.9 Å². The van der Waals surface area contributed by atoms with E-state index in [-0.39, 0.29) is 18.6 Å². The highest BCUT2D eigenvalue weighted by Gasteiger charge is 2.29. The van der Waals surface area contributed by atoms with Crippen LogP contribution in [0.5, 0.6) is 0 Å². The molecule has 1 heterocycles. The van der Waals surface area contributed by atoms with Crippen LogP contribution in [0.25, 0.3) is 0 Å². The first-order chi connectivity index (χ1) is 8.20. The highest BCUT2D eigenvalue weighted by Crippen LogP contribution is 2.20. The lowest BCUT2D eigenvalue weighted by atomic mass is 9.98. The minimum absolute atomic E-state index is 0.000185. The Balaban J connectivity index is 2.51. The van der Waals surface area contributed by atoms with Crippen LogP contribution in [0.1, 0.15) is 32.1 Å². The zero-order valence-corrected chi connectivity index (χ0v) is 10.6. The van der Waals surface area contributed by atoms with Crippen molar-refractivity contribution < 1.29 is 14.6 Å². The second kappa shape index (κ2) is 7.63. The largest absolute Gasteiger partial charge is 0.396 e. The van der Waals surface area contributed by atoms with Crippen LogP contribution in [0, 0.1) is 0 Å². The summed E-state index contributed by atoms with van der Waals surface area (Å²) in [6, 6.07) is -0.316. The van der Waals surface area contributed by atoms with Crippen LogP contribution in [0.3, 0.4) is 0 Å². The molecule has 0 radical (unpaired) electrons. The van der Waals surface area contributed by atoms with Crippen molar-refractivity contribution in [2.24, 2.45) is 5.73 Å². The Hall–Kier alpha value is -0.650. The molecule has 1 rings (SSSR count). The number of hydrogen-bond donors (Lipinski definition) is 2. The maximum atomic E-state index is 12.2. The van der Waals surface area contributed by atoms with Crippen molar-refractivity contribution in [3.8, 4) is 0 Å². The highest BCUT2D eigenvalue weighted by molar-refractivity contribution is 5.82. The molecule has 0 aromatic heterocycles. The molecule has 2 atom stereocenters. The van der Waals surface area contributed by atoms with Crippen molar-refractivity contribution in [1.29, 1.82) is 0 Å². The van der Waals surface area contributed by atoms with Crippen LogP contribution in [-0.2, 0) is 9.53 Å². The molecule has 1 saturated heterocycles. The fraction of sp³-hybridized carbons (Fsp3) is 0.917. The molecule has 0 spiro atoms. The van der Waals surface area contributed by atoms with Gasteiger partial charge in [-0.3, -0.25) is 4.79 Å². The molecule has 0 saturated carbocycles. The second-order valence-corrected chi connectivity index (χ2v) is 4.58. The van der Waals surface area contributed by atoms with Crippen LogP contribution in [-0.4, -0.2) is 54.9 Å². The molecule has 0 aromatic carbocycles. The number of nitrogens with zero attached hydrogens (tertiary/aromatic N) is 1. The van der Waals surface area contributed by atoms with Gasteiger partial charge in [0.15, 0.2) is 0 Å². The lowest BCUT2D eigenvalue weighted by Gasteiger charge is -2.37. The standard InChI is InChI=1S/C12H24N2O3/c1-17-9-6-11(13)12(16)14-7-3-2-4-10(14)5-8-15/h10-11,15H,2-9,13H2,1H3. The zero-order valence-electron chi connectivity index (χ0n) is 10.6. The summed E-state index contributed by atoms with van der Waals surface area (Å²) in [7, 11) is 1.60. The Morgan fingerprint density at radius 1 is 1.59 bits per heavy atom. The molecule has 3 N–H and O–H groups in total. The molecule has 17 heavy (non-hydrogen) atoms. The number of carbonyl (C=O) groups is 1. The van der Waals surface area contributed by atoms with Crippen molar-refractivity contribution >= 4 is 5.91 Å². The number of nitrogens with two attached hydrogens (primary N) is 1. The Bertz CT molecular complexity index is 234. The number of aliphatic hydroxyl groups excluding tert-OH is 1. The first kappa shape index (κ1) is 14.4. The summed E-state index contributed by atoms with van der Waals surface area (Å²) < 4.78 is 4.93. The van der Waals surface area contributed by atoms with Crippen LogP contribution < -0.4 is 5.73 Å². The third-order valence-electron chi connectivity index (χ3n) is 3.32. The maximum Gasteiger partial charge on any atom is 0.239 e. The Kier molecular flexibility index (Phi) is 6.47.